The molecule has 26 heavy (non-hydrogen) atoms. The number of nitrogens with one attached hydrogen (secondary N) is 1. The first kappa shape index (κ1) is 20.1. The third kappa shape index (κ3) is 5.65. The summed E-state index contributed by atoms with van der Waals surface area (Å²) in [7, 11) is 0. The lowest BCUT2D eigenvalue weighted by Crippen LogP contribution is -2.33. The zero-order valence-electron chi connectivity index (χ0n) is 15.0. The fourth-order valence-electron chi connectivity index (χ4n) is 2.96. The average molecular weight is 369 g/mol. The molecule has 0 radical (unpaired) electrons. The van der Waals surface area contributed by atoms with E-state index in [9.17, 15) is 4.79 Å². The normalized spacial score (nSPS) is 11.7. The number of aromatic nitrogens is 1. The Hall–Kier alpha value is -2.23. The van der Waals surface area contributed by atoms with E-state index >= 15 is 0 Å². The van der Waals surface area contributed by atoms with E-state index in [1.807, 2.05) is 37.4 Å². The molecule has 2 aromatic carbocycles. The van der Waals surface area contributed by atoms with Crippen LogP contribution in [0.2, 0.25) is 0 Å². The van der Waals surface area contributed by atoms with Gasteiger partial charge in [-0.15, -0.1) is 12.4 Å². The lowest BCUT2D eigenvalue weighted by atomic mass is 10.0. The Morgan fingerprint density at radius 3 is 2.65 bits per heavy atom. The van der Waals surface area contributed by atoms with Gasteiger partial charge >= 0.3 is 0 Å². The van der Waals surface area contributed by atoms with Gasteiger partial charge in [0.25, 0.3) is 0 Å². The van der Waals surface area contributed by atoms with Gasteiger partial charge < -0.3 is 5.32 Å². The average Bonchev–Trinajstić information content (AvgIpc) is 2.66. The van der Waals surface area contributed by atoms with Gasteiger partial charge in [0.2, 0.25) is 0 Å². The molecule has 0 bridgehead atoms. The number of rotatable bonds is 8. The Balaban J connectivity index is 0.00000243. The van der Waals surface area contributed by atoms with Crippen LogP contribution in [0.5, 0.6) is 0 Å². The first-order valence-corrected chi connectivity index (χ1v) is 8.85. The van der Waals surface area contributed by atoms with Crippen molar-refractivity contribution in [3.8, 4) is 0 Å². The lowest BCUT2D eigenvalue weighted by Gasteiger charge is -2.13. The minimum absolute atomic E-state index is 0. The summed E-state index contributed by atoms with van der Waals surface area (Å²) in [5.41, 5.74) is 2.48. The van der Waals surface area contributed by atoms with Crippen LogP contribution in [0, 0.1) is 0 Å². The number of Topliss-reactive ketones (excluding diaryl/α,β-unsaturated/α-hetero) is 1. The third-order valence-corrected chi connectivity index (χ3v) is 4.53. The van der Waals surface area contributed by atoms with Crippen LogP contribution in [-0.4, -0.2) is 16.8 Å². The van der Waals surface area contributed by atoms with Crippen molar-refractivity contribution >= 4 is 29.0 Å². The fraction of sp³-hybridized carbons (Fsp3) is 0.273. The molecule has 0 aliphatic rings. The van der Waals surface area contributed by atoms with Crippen molar-refractivity contribution in [2.24, 2.45) is 0 Å². The van der Waals surface area contributed by atoms with Gasteiger partial charge in [0.15, 0.2) is 0 Å². The summed E-state index contributed by atoms with van der Waals surface area (Å²) < 4.78 is 0. The molecule has 0 aliphatic carbocycles. The number of benzene rings is 2. The van der Waals surface area contributed by atoms with E-state index in [0.717, 1.165) is 18.2 Å². The highest BCUT2D eigenvalue weighted by atomic mass is 35.5. The van der Waals surface area contributed by atoms with Gasteiger partial charge in [0.05, 0.1) is 6.04 Å². The van der Waals surface area contributed by atoms with Crippen LogP contribution in [0.15, 0.2) is 67.0 Å². The number of ketones is 1. The van der Waals surface area contributed by atoms with Crippen LogP contribution in [0.3, 0.4) is 0 Å². The molecule has 0 fully saturated rings. The fourth-order valence-corrected chi connectivity index (χ4v) is 2.96. The van der Waals surface area contributed by atoms with Crippen LogP contribution in [0.1, 0.15) is 30.9 Å². The molecular weight excluding hydrogens is 344 g/mol. The van der Waals surface area contributed by atoms with E-state index in [1.165, 1.54) is 16.5 Å². The molecule has 1 N–H and O–H groups in total. The van der Waals surface area contributed by atoms with Gasteiger partial charge in [0.1, 0.15) is 5.78 Å². The number of nitrogens with zero attached hydrogens (tertiary/aromatic N) is 1. The summed E-state index contributed by atoms with van der Waals surface area (Å²) in [4.78, 5) is 16.4. The maximum Gasteiger partial charge on any atom is 0.149 e. The van der Waals surface area contributed by atoms with Crippen molar-refractivity contribution in [3.63, 3.8) is 0 Å². The van der Waals surface area contributed by atoms with Crippen molar-refractivity contribution < 1.29 is 4.79 Å². The third-order valence-electron chi connectivity index (χ3n) is 4.53. The largest absolute Gasteiger partial charge is 0.304 e. The topological polar surface area (TPSA) is 42.0 Å². The summed E-state index contributed by atoms with van der Waals surface area (Å²) in [6.45, 7) is 2.65. The Morgan fingerprint density at radius 2 is 1.85 bits per heavy atom. The van der Waals surface area contributed by atoms with Crippen LogP contribution in [-0.2, 0) is 17.8 Å². The van der Waals surface area contributed by atoms with Gasteiger partial charge in [-0.2, -0.15) is 0 Å². The first-order chi connectivity index (χ1) is 12.2. The van der Waals surface area contributed by atoms with Crippen LogP contribution in [0.25, 0.3) is 10.8 Å². The predicted molar refractivity (Wildman–Crippen MR) is 110 cm³/mol. The molecular formula is C22H25ClN2O. The molecule has 0 spiro atoms. The van der Waals surface area contributed by atoms with Gasteiger partial charge in [-0.25, -0.2) is 0 Å². The standard InChI is InChI=1S/C22H24N2O.ClH/c1-17(22(25)9-5-8-18-6-3-2-4-7-18)24-15-19-10-11-21-16-23-13-12-20(21)14-19;/h2-4,6-7,10-14,16-17,24H,5,8-9,15H2,1H3;1H/t17-;/m1./s1. The second-order valence-electron chi connectivity index (χ2n) is 6.47. The number of aryl methyl sites for hydroxylation is 1. The Labute approximate surface area is 161 Å². The number of pyridine rings is 1. The maximum absolute atomic E-state index is 12.3. The molecule has 4 heteroatoms. The molecule has 136 valence electrons. The van der Waals surface area contributed by atoms with Gasteiger partial charge in [-0.1, -0.05) is 42.5 Å². The smallest absolute Gasteiger partial charge is 0.149 e. The zero-order valence-corrected chi connectivity index (χ0v) is 15.8. The van der Waals surface area contributed by atoms with Gasteiger partial charge in [0, 0.05) is 30.7 Å². The molecule has 0 unspecified atom stereocenters. The maximum atomic E-state index is 12.3. The van der Waals surface area contributed by atoms with E-state index < -0.39 is 0 Å². The highest BCUT2D eigenvalue weighted by Crippen LogP contribution is 2.14. The summed E-state index contributed by atoms with van der Waals surface area (Å²) in [6.07, 6.45) is 6.15. The van der Waals surface area contributed by atoms with E-state index in [0.29, 0.717) is 13.0 Å². The van der Waals surface area contributed by atoms with Crippen molar-refractivity contribution in [1.29, 1.82) is 0 Å². The van der Waals surface area contributed by atoms with Crippen LogP contribution in [0.4, 0.5) is 0 Å². The van der Waals surface area contributed by atoms with E-state index in [1.54, 1.807) is 6.20 Å². The Morgan fingerprint density at radius 1 is 1.04 bits per heavy atom. The molecule has 3 aromatic rings. The molecule has 1 aromatic heterocycles. The van der Waals surface area contributed by atoms with Crippen LogP contribution < -0.4 is 5.32 Å². The number of hydrogen-bond donors (Lipinski definition) is 1. The van der Waals surface area contributed by atoms with E-state index in [2.05, 4.69) is 40.6 Å². The Bertz CT molecular complexity index is 836. The minimum atomic E-state index is -0.121. The van der Waals surface area contributed by atoms with Crippen molar-refractivity contribution in [2.75, 3.05) is 0 Å². The minimum Gasteiger partial charge on any atom is -0.304 e. The quantitative estimate of drug-likeness (QED) is 0.625. The van der Waals surface area contributed by atoms with Gasteiger partial charge in [-0.05, 0) is 48.4 Å². The molecule has 0 aliphatic heterocycles. The SMILES string of the molecule is C[C@@H](NCc1ccc2cnccc2c1)C(=O)CCCc1ccccc1.Cl. The van der Waals surface area contributed by atoms with Gasteiger partial charge in [-0.3, -0.25) is 9.78 Å². The van der Waals surface area contributed by atoms with Crippen molar-refractivity contribution in [2.45, 2.75) is 38.8 Å². The van der Waals surface area contributed by atoms with Crippen LogP contribution >= 0.6 is 12.4 Å². The molecule has 0 saturated heterocycles. The first-order valence-electron chi connectivity index (χ1n) is 8.85. The number of carbonyl (C=O) groups excluding carboxylic acids is 1. The number of fused-ring (bicyclic) bond motifs is 1. The molecule has 0 amide bonds. The number of hydrogen-bond acceptors (Lipinski definition) is 3. The van der Waals surface area contributed by atoms with Crippen molar-refractivity contribution in [1.82, 2.24) is 10.3 Å². The lowest BCUT2D eigenvalue weighted by molar-refractivity contribution is -0.120. The number of halogens is 1. The monoisotopic (exact) mass is 368 g/mol. The van der Waals surface area contributed by atoms with Crippen molar-refractivity contribution in [3.05, 3.63) is 78.1 Å². The molecule has 3 nitrogen and oxygen atoms in total. The highest BCUT2D eigenvalue weighted by molar-refractivity contribution is 5.85. The molecule has 3 rings (SSSR count). The highest BCUT2D eigenvalue weighted by Gasteiger charge is 2.12. The summed E-state index contributed by atoms with van der Waals surface area (Å²) >= 11 is 0. The van der Waals surface area contributed by atoms with E-state index in [4.69, 9.17) is 0 Å². The second kappa shape index (κ2) is 10.0. The molecule has 1 atom stereocenters. The summed E-state index contributed by atoms with van der Waals surface area (Å²) in [5.74, 6) is 0.279. The predicted octanol–water partition coefficient (Wildman–Crippen LogP) is 4.73. The number of carbonyl (C=O) groups is 1. The molecule has 1 heterocycles. The second-order valence-corrected chi connectivity index (χ2v) is 6.47. The molecule has 0 saturated carbocycles. The van der Waals surface area contributed by atoms with E-state index in [-0.39, 0.29) is 24.2 Å². The summed E-state index contributed by atoms with van der Waals surface area (Å²) in [5, 5.41) is 5.66. The summed E-state index contributed by atoms with van der Waals surface area (Å²) in [6, 6.07) is 18.5. The zero-order chi connectivity index (χ0) is 17.5. The Kier molecular flexibility index (Phi) is 7.76.